The number of nitrogens with zero attached hydrogens (tertiary/aromatic N) is 2. The highest BCUT2D eigenvalue weighted by molar-refractivity contribution is 7.98. The number of pyridine rings is 1. The van der Waals surface area contributed by atoms with Crippen LogP contribution in [0.2, 0.25) is 0 Å². The lowest BCUT2D eigenvalue weighted by Crippen LogP contribution is -2.29. The van der Waals surface area contributed by atoms with Crippen molar-refractivity contribution < 1.29 is 9.53 Å². The number of benzene rings is 3. The van der Waals surface area contributed by atoms with E-state index in [0.29, 0.717) is 11.3 Å². The number of amides is 1. The highest BCUT2D eigenvalue weighted by Gasteiger charge is 2.16. The normalized spacial score (nSPS) is 10.7. The summed E-state index contributed by atoms with van der Waals surface area (Å²) in [4.78, 5) is 19.8. The Bertz CT molecular complexity index is 1120. The minimum atomic E-state index is -0.449. The Balaban J connectivity index is 1.57. The van der Waals surface area contributed by atoms with Gasteiger partial charge in [0.25, 0.3) is 0 Å². The maximum atomic E-state index is 12.6. The summed E-state index contributed by atoms with van der Waals surface area (Å²) in [5.41, 5.74) is 2.61. The lowest BCUT2D eigenvalue weighted by Gasteiger charge is -2.17. The molecular weight excluding hydrogens is 380 g/mol. The number of para-hydroxylation sites is 1. The summed E-state index contributed by atoms with van der Waals surface area (Å²) in [6.45, 7) is 0. The van der Waals surface area contributed by atoms with E-state index in [9.17, 15) is 4.79 Å². The third-order valence-corrected chi connectivity index (χ3v) is 5.64. The van der Waals surface area contributed by atoms with E-state index in [4.69, 9.17) is 4.74 Å². The molecule has 0 atom stereocenters. The molecule has 0 aliphatic carbocycles. The molecule has 144 valence electrons. The van der Waals surface area contributed by atoms with Gasteiger partial charge in [0.1, 0.15) is 5.52 Å². The van der Waals surface area contributed by atoms with Gasteiger partial charge in [0, 0.05) is 35.0 Å². The van der Waals surface area contributed by atoms with E-state index in [1.165, 1.54) is 9.80 Å². The first kappa shape index (κ1) is 19.0. The molecule has 1 heterocycles. The Hall–Kier alpha value is -3.31. The SMILES string of the molecule is CN(C(=O)Oc1ccc(CSc2ccccc2)c2cccnc12)c1ccccc1. The van der Waals surface area contributed by atoms with Gasteiger partial charge in [-0.2, -0.15) is 0 Å². The van der Waals surface area contributed by atoms with Crippen LogP contribution in [0.15, 0.2) is 96.0 Å². The van der Waals surface area contributed by atoms with Crippen LogP contribution < -0.4 is 9.64 Å². The fraction of sp³-hybridized carbons (Fsp3) is 0.0833. The summed E-state index contributed by atoms with van der Waals surface area (Å²) in [5, 5.41) is 0.989. The molecule has 0 fully saturated rings. The average molecular weight is 401 g/mol. The highest BCUT2D eigenvalue weighted by atomic mass is 32.2. The second-order valence-corrected chi connectivity index (χ2v) is 7.54. The molecule has 29 heavy (non-hydrogen) atoms. The van der Waals surface area contributed by atoms with E-state index >= 15 is 0 Å². The molecule has 0 radical (unpaired) electrons. The predicted molar refractivity (Wildman–Crippen MR) is 119 cm³/mol. The van der Waals surface area contributed by atoms with Crippen LogP contribution in [0, 0.1) is 0 Å². The first-order valence-corrected chi connectivity index (χ1v) is 10.3. The van der Waals surface area contributed by atoms with Crippen LogP contribution in [0.25, 0.3) is 10.9 Å². The van der Waals surface area contributed by atoms with Crippen LogP contribution >= 0.6 is 11.8 Å². The van der Waals surface area contributed by atoms with Crippen molar-refractivity contribution in [2.75, 3.05) is 11.9 Å². The van der Waals surface area contributed by atoms with E-state index in [2.05, 4.69) is 17.1 Å². The average Bonchev–Trinajstić information content (AvgIpc) is 2.79. The smallest absolute Gasteiger partial charge is 0.408 e. The number of rotatable bonds is 5. The van der Waals surface area contributed by atoms with Gasteiger partial charge in [-0.25, -0.2) is 4.79 Å². The van der Waals surface area contributed by atoms with Gasteiger partial charge < -0.3 is 4.74 Å². The van der Waals surface area contributed by atoms with Crippen molar-refractivity contribution in [1.82, 2.24) is 4.98 Å². The fourth-order valence-electron chi connectivity index (χ4n) is 3.01. The number of ether oxygens (including phenoxy) is 1. The number of carbonyl (C=O) groups excluding carboxylic acids is 1. The second-order valence-electron chi connectivity index (χ2n) is 6.49. The second kappa shape index (κ2) is 8.80. The maximum absolute atomic E-state index is 12.6. The fourth-order valence-corrected chi connectivity index (χ4v) is 3.93. The molecule has 0 bridgehead atoms. The molecule has 0 saturated carbocycles. The lowest BCUT2D eigenvalue weighted by atomic mass is 10.1. The van der Waals surface area contributed by atoms with Crippen molar-refractivity contribution in [3.8, 4) is 5.75 Å². The minimum absolute atomic E-state index is 0.449. The van der Waals surface area contributed by atoms with Gasteiger partial charge in [0.2, 0.25) is 0 Å². The van der Waals surface area contributed by atoms with Crippen molar-refractivity contribution in [2.45, 2.75) is 10.6 Å². The van der Waals surface area contributed by atoms with E-state index in [1.807, 2.05) is 72.8 Å². The molecule has 1 aromatic heterocycles. The van der Waals surface area contributed by atoms with Crippen LogP contribution in [-0.2, 0) is 5.75 Å². The van der Waals surface area contributed by atoms with Gasteiger partial charge in [0.15, 0.2) is 5.75 Å². The van der Waals surface area contributed by atoms with Gasteiger partial charge in [-0.05, 0) is 42.0 Å². The van der Waals surface area contributed by atoms with Crippen molar-refractivity contribution in [3.05, 3.63) is 96.7 Å². The molecule has 5 heteroatoms. The van der Waals surface area contributed by atoms with Crippen molar-refractivity contribution in [1.29, 1.82) is 0 Å². The van der Waals surface area contributed by atoms with Gasteiger partial charge in [-0.3, -0.25) is 9.88 Å². The van der Waals surface area contributed by atoms with Gasteiger partial charge in [-0.1, -0.05) is 48.5 Å². The zero-order valence-electron chi connectivity index (χ0n) is 16.0. The molecular formula is C24H20N2O2S. The Morgan fingerprint density at radius 3 is 2.41 bits per heavy atom. The van der Waals surface area contributed by atoms with Crippen LogP contribution in [0.3, 0.4) is 0 Å². The van der Waals surface area contributed by atoms with Gasteiger partial charge >= 0.3 is 6.09 Å². The predicted octanol–water partition coefficient (Wildman–Crippen LogP) is 6.16. The highest BCUT2D eigenvalue weighted by Crippen LogP contribution is 2.31. The van der Waals surface area contributed by atoms with Gasteiger partial charge in [-0.15, -0.1) is 11.8 Å². The molecule has 4 aromatic rings. The third-order valence-electron chi connectivity index (χ3n) is 4.58. The number of fused-ring (bicyclic) bond motifs is 1. The van der Waals surface area contributed by atoms with E-state index in [1.54, 1.807) is 25.0 Å². The summed E-state index contributed by atoms with van der Waals surface area (Å²) in [5.74, 6) is 1.27. The molecule has 4 nitrogen and oxygen atoms in total. The number of carbonyl (C=O) groups is 1. The summed E-state index contributed by atoms with van der Waals surface area (Å²) in [6.07, 6.45) is 1.27. The number of thioether (sulfide) groups is 1. The molecule has 0 aliphatic heterocycles. The lowest BCUT2D eigenvalue weighted by molar-refractivity contribution is 0.209. The first-order valence-electron chi connectivity index (χ1n) is 9.27. The monoisotopic (exact) mass is 400 g/mol. The number of aromatic nitrogens is 1. The Labute approximate surface area is 174 Å². The molecule has 0 spiro atoms. The van der Waals surface area contributed by atoms with Crippen LogP contribution in [0.5, 0.6) is 5.75 Å². The Morgan fingerprint density at radius 2 is 1.66 bits per heavy atom. The van der Waals surface area contributed by atoms with E-state index in [0.717, 1.165) is 22.4 Å². The molecule has 3 aromatic carbocycles. The molecule has 0 unspecified atom stereocenters. The summed E-state index contributed by atoms with van der Waals surface area (Å²) >= 11 is 1.77. The number of anilines is 1. The zero-order chi connectivity index (χ0) is 20.1. The topological polar surface area (TPSA) is 42.4 Å². The summed E-state index contributed by atoms with van der Waals surface area (Å²) in [7, 11) is 1.69. The standard InChI is InChI=1S/C24H20N2O2S/c1-26(19-9-4-2-5-10-19)24(27)28-22-15-14-18(21-13-8-16-25-23(21)22)17-29-20-11-6-3-7-12-20/h2-16H,17H2,1H3. The molecule has 0 N–H and O–H groups in total. The van der Waals surface area contributed by atoms with Crippen LogP contribution in [0.4, 0.5) is 10.5 Å². The third kappa shape index (κ3) is 4.41. The van der Waals surface area contributed by atoms with Crippen molar-refractivity contribution >= 4 is 34.4 Å². The van der Waals surface area contributed by atoms with Crippen LogP contribution in [0.1, 0.15) is 5.56 Å². The first-order chi connectivity index (χ1) is 14.2. The molecule has 0 aliphatic rings. The quantitative estimate of drug-likeness (QED) is 0.376. The van der Waals surface area contributed by atoms with Crippen LogP contribution in [-0.4, -0.2) is 18.1 Å². The number of hydrogen-bond donors (Lipinski definition) is 0. The van der Waals surface area contributed by atoms with E-state index < -0.39 is 6.09 Å². The van der Waals surface area contributed by atoms with E-state index in [-0.39, 0.29) is 0 Å². The molecule has 1 amide bonds. The van der Waals surface area contributed by atoms with Crippen molar-refractivity contribution in [2.24, 2.45) is 0 Å². The largest absolute Gasteiger partial charge is 0.419 e. The Morgan fingerprint density at radius 1 is 0.931 bits per heavy atom. The van der Waals surface area contributed by atoms with Gasteiger partial charge in [0.05, 0.1) is 0 Å². The van der Waals surface area contributed by atoms with Crippen molar-refractivity contribution in [3.63, 3.8) is 0 Å². The summed E-state index contributed by atoms with van der Waals surface area (Å²) < 4.78 is 5.68. The molecule has 0 saturated heterocycles. The molecule has 4 rings (SSSR count). The number of hydrogen-bond acceptors (Lipinski definition) is 4. The summed E-state index contributed by atoms with van der Waals surface area (Å²) in [6, 6.07) is 27.4. The maximum Gasteiger partial charge on any atom is 0.419 e. The minimum Gasteiger partial charge on any atom is -0.408 e. The Kier molecular flexibility index (Phi) is 5.77. The zero-order valence-corrected chi connectivity index (χ0v) is 16.8.